The molecule has 12 heteroatoms. The smallest absolute Gasteiger partial charge is 0.418 e. The maximum absolute atomic E-state index is 14.3. The van der Waals surface area contributed by atoms with E-state index in [0.717, 1.165) is 5.56 Å². The van der Waals surface area contributed by atoms with Crippen LogP contribution < -0.4 is 16.8 Å². The molecule has 1 unspecified atom stereocenters. The molecule has 2 aromatic rings. The Balaban J connectivity index is 2.72. The van der Waals surface area contributed by atoms with Crippen LogP contribution in [0.1, 0.15) is 57.1 Å². The number of nitrogens with zero attached hydrogens (tertiary/aromatic N) is 1. The Morgan fingerprint density at radius 3 is 2.09 bits per heavy atom. The van der Waals surface area contributed by atoms with Crippen LogP contribution in [0.3, 0.4) is 0 Å². The van der Waals surface area contributed by atoms with E-state index in [1.807, 2.05) is 0 Å². The molecule has 0 bridgehead atoms. The summed E-state index contributed by atoms with van der Waals surface area (Å²) in [5, 5.41) is 11.6. The molecule has 0 aliphatic carbocycles. The highest BCUT2D eigenvalue weighted by Gasteiger charge is 2.56. The lowest BCUT2D eigenvalue weighted by molar-refractivity contribution is -0.156. The van der Waals surface area contributed by atoms with Crippen LogP contribution in [0, 0.1) is 5.92 Å². The van der Waals surface area contributed by atoms with Crippen LogP contribution >= 0.6 is 0 Å². The van der Waals surface area contributed by atoms with E-state index >= 15 is 0 Å². The standard InChI is InChI=1S/C32H42N4O8/c1-22(2)28(34)29(41)36(31(43)44-21-24-13-7-4-8-14-24)32(17-9-10-18-33,30(42)35-25(20-37)19-27(39)40)26(38)16-15-23-11-5-3-6-12-23/h3-8,11-14,20,22,25,28H,9-10,15-19,21,33-34H2,1-2H3,(H,35,42)(H,39,40)/t25?,28-,32+/m0/s1. The minimum Gasteiger partial charge on any atom is -0.481 e. The van der Waals surface area contributed by atoms with Crippen molar-refractivity contribution in [3.8, 4) is 0 Å². The molecule has 0 aromatic heterocycles. The van der Waals surface area contributed by atoms with Crippen molar-refractivity contribution in [3.63, 3.8) is 0 Å². The van der Waals surface area contributed by atoms with E-state index in [2.05, 4.69) is 5.32 Å². The van der Waals surface area contributed by atoms with Gasteiger partial charge in [0.05, 0.1) is 18.5 Å². The van der Waals surface area contributed by atoms with Gasteiger partial charge in [-0.15, -0.1) is 0 Å². The maximum atomic E-state index is 14.3. The Morgan fingerprint density at radius 1 is 0.977 bits per heavy atom. The van der Waals surface area contributed by atoms with E-state index in [-0.39, 0.29) is 45.1 Å². The average molecular weight is 611 g/mol. The summed E-state index contributed by atoms with van der Waals surface area (Å²) in [4.78, 5) is 80.1. The lowest BCUT2D eigenvalue weighted by atomic mass is 9.81. The zero-order chi connectivity index (χ0) is 32.7. The number of nitrogens with two attached hydrogens (primary N) is 2. The molecule has 0 saturated carbocycles. The first-order valence-corrected chi connectivity index (χ1v) is 14.5. The molecular formula is C32H42N4O8. The van der Waals surface area contributed by atoms with E-state index in [1.165, 1.54) is 0 Å². The minimum absolute atomic E-state index is 0.123. The summed E-state index contributed by atoms with van der Waals surface area (Å²) in [6, 6.07) is 14.6. The van der Waals surface area contributed by atoms with Gasteiger partial charge in [-0.2, -0.15) is 0 Å². The number of carbonyl (C=O) groups is 6. The molecule has 44 heavy (non-hydrogen) atoms. The SMILES string of the molecule is CC(C)[C@H](N)C(=O)N(C(=O)OCc1ccccc1)[C@](CCCCN)(C(=O)CCc1ccccc1)C(=O)NC(C=O)CC(=O)O. The van der Waals surface area contributed by atoms with E-state index in [9.17, 15) is 33.9 Å². The van der Waals surface area contributed by atoms with E-state index in [0.29, 0.717) is 16.9 Å². The number of aryl methyl sites for hydroxylation is 1. The van der Waals surface area contributed by atoms with Crippen molar-refractivity contribution >= 4 is 35.9 Å². The monoisotopic (exact) mass is 610 g/mol. The number of amides is 3. The number of rotatable bonds is 18. The molecule has 12 nitrogen and oxygen atoms in total. The van der Waals surface area contributed by atoms with Gasteiger partial charge in [0.1, 0.15) is 12.9 Å². The Bertz CT molecular complexity index is 1270. The molecule has 2 rings (SSSR count). The number of aldehydes is 1. The molecule has 3 atom stereocenters. The molecule has 0 aliphatic rings. The van der Waals surface area contributed by atoms with Crippen molar-refractivity contribution in [1.29, 1.82) is 0 Å². The number of hydrogen-bond acceptors (Lipinski definition) is 9. The van der Waals surface area contributed by atoms with Gasteiger partial charge in [0.15, 0.2) is 11.3 Å². The number of carboxylic acid groups (broad SMARTS) is 1. The number of aliphatic carboxylic acids is 1. The van der Waals surface area contributed by atoms with Gasteiger partial charge in [-0.05, 0) is 49.3 Å². The summed E-state index contributed by atoms with van der Waals surface area (Å²) < 4.78 is 5.50. The van der Waals surface area contributed by atoms with Gasteiger partial charge < -0.3 is 31.4 Å². The fourth-order valence-electron chi connectivity index (χ4n) is 4.61. The normalized spacial score (nSPS) is 13.7. The summed E-state index contributed by atoms with van der Waals surface area (Å²) in [5.74, 6) is -4.92. The number of hydrogen-bond donors (Lipinski definition) is 4. The summed E-state index contributed by atoms with van der Waals surface area (Å²) >= 11 is 0. The predicted molar refractivity (Wildman–Crippen MR) is 162 cm³/mol. The number of imide groups is 1. The van der Waals surface area contributed by atoms with Crippen LogP contribution in [0.5, 0.6) is 0 Å². The van der Waals surface area contributed by atoms with Gasteiger partial charge in [-0.3, -0.25) is 19.2 Å². The van der Waals surface area contributed by atoms with Crippen molar-refractivity contribution in [3.05, 3.63) is 71.8 Å². The Morgan fingerprint density at radius 2 is 1.57 bits per heavy atom. The lowest BCUT2D eigenvalue weighted by Crippen LogP contribution is -2.70. The Labute approximate surface area is 257 Å². The topological polar surface area (TPSA) is 199 Å². The zero-order valence-corrected chi connectivity index (χ0v) is 25.1. The molecule has 0 aliphatic heterocycles. The highest BCUT2D eigenvalue weighted by molar-refractivity contribution is 6.17. The number of nitrogens with one attached hydrogen (secondary N) is 1. The molecule has 2 aromatic carbocycles. The van der Waals surface area contributed by atoms with E-state index < -0.39 is 59.6 Å². The van der Waals surface area contributed by atoms with Crippen molar-refractivity contribution in [1.82, 2.24) is 10.2 Å². The third kappa shape index (κ3) is 9.81. The maximum Gasteiger partial charge on any atom is 0.418 e. The molecule has 6 N–H and O–H groups in total. The summed E-state index contributed by atoms with van der Waals surface area (Å²) in [6.45, 7) is 3.18. The number of Topliss-reactive ketones (excluding diaryl/α,β-unsaturated/α-hetero) is 1. The van der Waals surface area contributed by atoms with Crippen molar-refractivity contribution in [2.45, 2.75) is 76.6 Å². The number of carbonyl (C=O) groups excluding carboxylic acids is 5. The van der Waals surface area contributed by atoms with Gasteiger partial charge in [-0.25, -0.2) is 9.69 Å². The molecule has 0 radical (unpaired) electrons. The van der Waals surface area contributed by atoms with Gasteiger partial charge in [0.2, 0.25) is 5.91 Å². The largest absolute Gasteiger partial charge is 0.481 e. The Kier molecular flexibility index (Phi) is 14.3. The quantitative estimate of drug-likeness (QED) is 0.110. The second kappa shape index (κ2) is 17.6. The van der Waals surface area contributed by atoms with Crippen molar-refractivity contribution < 1.29 is 38.6 Å². The highest BCUT2D eigenvalue weighted by atomic mass is 16.6. The summed E-state index contributed by atoms with van der Waals surface area (Å²) in [6.07, 6.45) is -1.89. The second-order valence-electron chi connectivity index (χ2n) is 10.8. The predicted octanol–water partition coefficient (Wildman–Crippen LogP) is 2.36. The van der Waals surface area contributed by atoms with E-state index in [1.54, 1.807) is 74.5 Å². The average Bonchev–Trinajstić information content (AvgIpc) is 3.01. The van der Waals surface area contributed by atoms with Crippen LogP contribution in [0.25, 0.3) is 0 Å². The number of ether oxygens (including phenoxy) is 1. The molecule has 238 valence electrons. The first-order chi connectivity index (χ1) is 21.0. The van der Waals surface area contributed by atoms with Crippen LogP contribution in [-0.4, -0.2) is 70.1 Å². The molecule has 3 amide bonds. The summed E-state index contributed by atoms with van der Waals surface area (Å²) in [5.41, 5.74) is 10.7. The molecule has 0 spiro atoms. The van der Waals surface area contributed by atoms with Crippen molar-refractivity contribution in [2.24, 2.45) is 17.4 Å². The molecule has 0 fully saturated rings. The third-order valence-electron chi connectivity index (χ3n) is 7.18. The van der Waals surface area contributed by atoms with E-state index in [4.69, 9.17) is 16.2 Å². The summed E-state index contributed by atoms with van der Waals surface area (Å²) in [7, 11) is 0. The van der Waals surface area contributed by atoms with Crippen LogP contribution in [-0.2, 0) is 41.7 Å². The molecule has 0 heterocycles. The number of unbranched alkanes of at least 4 members (excludes halogenated alkanes) is 1. The van der Waals surface area contributed by atoms with Gasteiger partial charge in [0, 0.05) is 6.42 Å². The Hall–Kier alpha value is -4.42. The molecular weight excluding hydrogens is 568 g/mol. The zero-order valence-electron chi connectivity index (χ0n) is 25.1. The number of ketones is 1. The number of carboxylic acids is 1. The fraction of sp³-hybridized carbons (Fsp3) is 0.438. The van der Waals surface area contributed by atoms with Crippen LogP contribution in [0.15, 0.2) is 60.7 Å². The lowest BCUT2D eigenvalue weighted by Gasteiger charge is -2.41. The van der Waals surface area contributed by atoms with Gasteiger partial charge >= 0.3 is 12.1 Å². The van der Waals surface area contributed by atoms with Crippen LogP contribution in [0.4, 0.5) is 4.79 Å². The third-order valence-corrected chi connectivity index (χ3v) is 7.18. The second-order valence-corrected chi connectivity index (χ2v) is 10.8. The minimum atomic E-state index is -2.53. The highest BCUT2D eigenvalue weighted by Crippen LogP contribution is 2.30. The first kappa shape index (κ1) is 35.8. The van der Waals surface area contributed by atoms with Crippen LogP contribution in [0.2, 0.25) is 0 Å². The number of benzene rings is 2. The van der Waals surface area contributed by atoms with Gasteiger partial charge in [0.25, 0.3) is 5.91 Å². The first-order valence-electron chi connectivity index (χ1n) is 14.5. The molecule has 0 saturated heterocycles. The van der Waals surface area contributed by atoms with Crippen molar-refractivity contribution in [2.75, 3.05) is 6.54 Å². The van der Waals surface area contributed by atoms with Gasteiger partial charge in [-0.1, -0.05) is 74.5 Å². The fourth-order valence-corrected chi connectivity index (χ4v) is 4.61.